The molecule has 0 N–H and O–H groups in total. The van der Waals surface area contributed by atoms with Crippen molar-refractivity contribution in [3.63, 3.8) is 0 Å². The fourth-order valence-corrected chi connectivity index (χ4v) is 4.66. The van der Waals surface area contributed by atoms with Crippen LogP contribution in [0.25, 0.3) is 0 Å². The Kier molecular flexibility index (Phi) is 7.90. The van der Waals surface area contributed by atoms with Gasteiger partial charge in [-0.1, -0.05) is 94.3 Å². The predicted molar refractivity (Wildman–Crippen MR) is 89.5 cm³/mol. The van der Waals surface area contributed by atoms with Gasteiger partial charge in [-0.05, 0) is 18.1 Å². The van der Waals surface area contributed by atoms with Gasteiger partial charge in [-0.2, -0.15) is 0 Å². The van der Waals surface area contributed by atoms with Crippen LogP contribution in [0.2, 0.25) is 5.02 Å². The molecule has 0 saturated carbocycles. The highest BCUT2D eigenvalue weighted by Gasteiger charge is 2.31. The third-order valence-electron chi connectivity index (χ3n) is 3.47. The fourth-order valence-electron chi connectivity index (χ4n) is 2.23. The van der Waals surface area contributed by atoms with Gasteiger partial charge in [0.2, 0.25) is 0 Å². The summed E-state index contributed by atoms with van der Waals surface area (Å²) in [5, 5.41) is 2.77. The van der Waals surface area contributed by atoms with E-state index in [9.17, 15) is 0 Å². The summed E-state index contributed by atoms with van der Waals surface area (Å²) in [7, 11) is 0. The molecule has 0 amide bonds. The van der Waals surface area contributed by atoms with Gasteiger partial charge >= 0.3 is 0 Å². The molecule has 0 atom stereocenters. The summed E-state index contributed by atoms with van der Waals surface area (Å²) in [4.78, 5) is 0. The van der Waals surface area contributed by atoms with Gasteiger partial charge in [0.25, 0.3) is 0 Å². The van der Waals surface area contributed by atoms with Crippen LogP contribution in [0.4, 0.5) is 0 Å². The monoisotopic (exact) mass is 394 g/mol. The van der Waals surface area contributed by atoms with E-state index in [1.165, 1.54) is 37.7 Å². The maximum atomic E-state index is 6.36. The minimum Gasteiger partial charge on any atom is -0.0918 e. The molecule has 0 nitrogen and oxygen atoms in total. The molecule has 0 aliphatic rings. The zero-order valence-electron chi connectivity index (χ0n) is 10.9. The average molecular weight is 397 g/mol. The molecule has 3 heteroatoms. The maximum Gasteiger partial charge on any atom is 0.0444 e. The third kappa shape index (κ3) is 4.25. The smallest absolute Gasteiger partial charge is 0.0444 e. The van der Waals surface area contributed by atoms with Gasteiger partial charge in [-0.25, -0.2) is 0 Å². The van der Waals surface area contributed by atoms with Crippen LogP contribution in [0.1, 0.15) is 44.6 Å². The third-order valence-corrected chi connectivity index (χ3v) is 5.94. The molecule has 0 spiro atoms. The Morgan fingerprint density at radius 2 is 1.72 bits per heavy atom. The van der Waals surface area contributed by atoms with E-state index in [2.05, 4.69) is 50.9 Å². The molecule has 1 rings (SSSR count). The van der Waals surface area contributed by atoms with Gasteiger partial charge in [0.1, 0.15) is 0 Å². The topological polar surface area (TPSA) is 0 Å². The van der Waals surface area contributed by atoms with Crippen molar-refractivity contribution in [2.45, 2.75) is 44.4 Å². The largest absolute Gasteiger partial charge is 0.0918 e. The van der Waals surface area contributed by atoms with Crippen molar-refractivity contribution in [2.24, 2.45) is 0 Å². The first-order valence-corrected chi connectivity index (χ1v) is 9.19. The Bertz CT molecular complexity index is 348. The van der Waals surface area contributed by atoms with Gasteiger partial charge in [-0.15, -0.1) is 0 Å². The predicted octanol–water partition coefficient (Wildman–Crippen LogP) is 6.34. The van der Waals surface area contributed by atoms with E-state index < -0.39 is 0 Å². The van der Waals surface area contributed by atoms with Crippen molar-refractivity contribution < 1.29 is 0 Å². The van der Waals surface area contributed by atoms with Crippen molar-refractivity contribution in [2.75, 3.05) is 10.7 Å². The Balaban J connectivity index is 2.83. The van der Waals surface area contributed by atoms with E-state index in [1.54, 1.807) is 0 Å². The number of benzene rings is 1. The van der Waals surface area contributed by atoms with Gasteiger partial charge in [-0.3, -0.25) is 0 Å². The normalized spacial score (nSPS) is 11.8. The van der Waals surface area contributed by atoms with Gasteiger partial charge in [0.15, 0.2) is 0 Å². The van der Waals surface area contributed by atoms with Crippen molar-refractivity contribution in [1.82, 2.24) is 0 Å². The number of halogens is 3. The molecule has 0 unspecified atom stereocenters. The molecule has 0 radical (unpaired) electrons. The molecular weight excluding hydrogens is 375 g/mol. The minimum absolute atomic E-state index is 0.117. The fraction of sp³-hybridized carbons (Fsp3) is 0.600. The van der Waals surface area contributed by atoms with Crippen LogP contribution in [-0.4, -0.2) is 10.7 Å². The Labute approximate surface area is 133 Å². The summed E-state index contributed by atoms with van der Waals surface area (Å²) in [6.07, 6.45) is 6.34. The van der Waals surface area contributed by atoms with E-state index in [-0.39, 0.29) is 5.41 Å². The van der Waals surface area contributed by atoms with Crippen LogP contribution in [0.15, 0.2) is 24.3 Å². The van der Waals surface area contributed by atoms with Crippen molar-refractivity contribution in [1.29, 1.82) is 0 Å². The van der Waals surface area contributed by atoms with Crippen molar-refractivity contribution >= 4 is 43.5 Å². The first-order valence-electron chi connectivity index (χ1n) is 6.57. The lowest BCUT2D eigenvalue weighted by molar-refractivity contribution is 0.466. The van der Waals surface area contributed by atoms with E-state index in [1.807, 2.05) is 12.1 Å². The van der Waals surface area contributed by atoms with Crippen LogP contribution in [0, 0.1) is 0 Å². The number of hydrogen-bond acceptors (Lipinski definition) is 0. The average Bonchev–Trinajstić information content (AvgIpc) is 2.41. The van der Waals surface area contributed by atoms with Crippen molar-refractivity contribution in [3.05, 3.63) is 34.9 Å². The molecule has 0 fully saturated rings. The number of rotatable bonds is 8. The highest BCUT2D eigenvalue weighted by Crippen LogP contribution is 2.38. The summed E-state index contributed by atoms with van der Waals surface area (Å²) in [5.41, 5.74) is 1.38. The highest BCUT2D eigenvalue weighted by molar-refractivity contribution is 9.09. The lowest BCUT2D eigenvalue weighted by Crippen LogP contribution is -2.30. The quantitative estimate of drug-likeness (QED) is 0.355. The molecule has 102 valence electrons. The molecule has 0 aromatic heterocycles. The Morgan fingerprint density at radius 3 is 2.28 bits per heavy atom. The number of alkyl halides is 2. The van der Waals surface area contributed by atoms with Crippen LogP contribution in [0.5, 0.6) is 0 Å². The molecule has 0 saturated heterocycles. The lowest BCUT2D eigenvalue weighted by atomic mass is 9.80. The SMILES string of the molecule is CCCCCCC(CBr)(CBr)c1ccccc1Cl. The second-order valence-corrected chi connectivity index (χ2v) is 6.37. The van der Waals surface area contributed by atoms with Crippen LogP contribution in [0.3, 0.4) is 0 Å². The van der Waals surface area contributed by atoms with Gasteiger partial charge in [0, 0.05) is 21.1 Å². The first-order chi connectivity index (χ1) is 8.70. The number of hydrogen-bond donors (Lipinski definition) is 0. The van der Waals surface area contributed by atoms with E-state index in [0.29, 0.717) is 0 Å². The van der Waals surface area contributed by atoms with Gasteiger partial charge in [0.05, 0.1) is 0 Å². The molecule has 1 aromatic rings. The Morgan fingerprint density at radius 1 is 1.06 bits per heavy atom. The molecule has 18 heavy (non-hydrogen) atoms. The van der Waals surface area contributed by atoms with E-state index in [4.69, 9.17) is 11.6 Å². The maximum absolute atomic E-state index is 6.36. The standard InChI is InChI=1S/C15H21Br2Cl/c1-2-3-4-7-10-15(11-16,12-17)13-8-5-6-9-14(13)18/h5-6,8-9H,2-4,7,10-12H2,1H3. The summed E-state index contributed by atoms with van der Waals surface area (Å²) in [5.74, 6) is 0. The second kappa shape index (κ2) is 8.60. The summed E-state index contributed by atoms with van der Waals surface area (Å²) in [6.45, 7) is 2.25. The summed E-state index contributed by atoms with van der Waals surface area (Å²) in [6, 6.07) is 8.22. The summed E-state index contributed by atoms with van der Waals surface area (Å²) >= 11 is 13.7. The zero-order chi connectivity index (χ0) is 13.4. The van der Waals surface area contributed by atoms with E-state index in [0.717, 1.165) is 15.7 Å². The number of unbranched alkanes of at least 4 members (excludes halogenated alkanes) is 3. The molecule has 0 aliphatic heterocycles. The second-order valence-electron chi connectivity index (χ2n) is 4.84. The molecule has 0 aliphatic carbocycles. The van der Waals surface area contributed by atoms with Crippen molar-refractivity contribution in [3.8, 4) is 0 Å². The molecular formula is C15H21Br2Cl. The zero-order valence-corrected chi connectivity index (χ0v) is 14.8. The molecule has 0 bridgehead atoms. The minimum atomic E-state index is 0.117. The van der Waals surface area contributed by atoms with Gasteiger partial charge < -0.3 is 0 Å². The lowest BCUT2D eigenvalue weighted by Gasteiger charge is -2.31. The van der Waals surface area contributed by atoms with Crippen LogP contribution < -0.4 is 0 Å². The molecule has 0 heterocycles. The van der Waals surface area contributed by atoms with Crippen LogP contribution >= 0.6 is 43.5 Å². The first kappa shape index (κ1) is 16.5. The highest BCUT2D eigenvalue weighted by atomic mass is 79.9. The Hall–Kier alpha value is 0.470. The molecule has 1 aromatic carbocycles. The summed E-state index contributed by atoms with van der Waals surface area (Å²) < 4.78 is 0. The van der Waals surface area contributed by atoms with Crippen LogP contribution in [-0.2, 0) is 5.41 Å². The van der Waals surface area contributed by atoms with E-state index >= 15 is 0 Å².